The Morgan fingerprint density at radius 2 is 1.54 bits per heavy atom. The van der Waals surface area contributed by atoms with Gasteiger partial charge < -0.3 is 5.11 Å². The topological polar surface area (TPSA) is 37.3 Å². The van der Waals surface area contributed by atoms with Crippen molar-refractivity contribution < 1.29 is 9.90 Å². The molecule has 146 valence electrons. The van der Waals surface area contributed by atoms with Crippen molar-refractivity contribution in [2.24, 2.45) is 52.8 Å². The van der Waals surface area contributed by atoms with Gasteiger partial charge in [0.15, 0.2) is 0 Å². The summed E-state index contributed by atoms with van der Waals surface area (Å²) in [6, 6.07) is 0. The molecule has 0 spiro atoms. The van der Waals surface area contributed by atoms with Gasteiger partial charge in [-0.1, -0.05) is 6.92 Å². The molecule has 5 rings (SSSR count). The van der Waals surface area contributed by atoms with E-state index in [4.69, 9.17) is 0 Å². The highest BCUT2D eigenvalue weighted by Gasteiger charge is 2.63. The molecule has 26 heavy (non-hydrogen) atoms. The Balaban J connectivity index is 1.44. The molecule has 0 saturated heterocycles. The van der Waals surface area contributed by atoms with Crippen LogP contribution in [0.25, 0.3) is 0 Å². The fourth-order valence-electron chi connectivity index (χ4n) is 8.90. The van der Waals surface area contributed by atoms with Crippen LogP contribution in [0.4, 0.5) is 0 Å². The van der Waals surface area contributed by atoms with Gasteiger partial charge in [0.05, 0.1) is 5.60 Å². The quantitative estimate of drug-likeness (QED) is 0.734. The SMILES string of the molecule is CC(=O)[C@H]1C[C@@H](C2CC2)[C@H]2[C@@H]3CC[C@@H]4C[C@](C)(O)CC[C@@H]4[C@H]3CC[C@@]21C. The number of Topliss-reactive ketones (excluding diaryl/α,β-unsaturated/α-hetero) is 1. The lowest BCUT2D eigenvalue weighted by Gasteiger charge is -2.57. The van der Waals surface area contributed by atoms with Gasteiger partial charge in [0.2, 0.25) is 0 Å². The minimum atomic E-state index is -0.416. The summed E-state index contributed by atoms with van der Waals surface area (Å²) < 4.78 is 0. The van der Waals surface area contributed by atoms with Crippen LogP contribution in [0.2, 0.25) is 0 Å². The van der Waals surface area contributed by atoms with Gasteiger partial charge in [-0.3, -0.25) is 4.79 Å². The molecular weight excluding hydrogens is 320 g/mol. The third-order valence-corrected chi connectivity index (χ3v) is 10.0. The van der Waals surface area contributed by atoms with E-state index in [1.165, 1.54) is 51.4 Å². The molecule has 5 aliphatic rings. The molecule has 0 aromatic heterocycles. The summed E-state index contributed by atoms with van der Waals surface area (Å²) in [5, 5.41) is 10.6. The zero-order chi connectivity index (χ0) is 18.3. The van der Waals surface area contributed by atoms with E-state index >= 15 is 0 Å². The maximum atomic E-state index is 12.5. The minimum Gasteiger partial charge on any atom is -0.390 e. The van der Waals surface area contributed by atoms with Crippen LogP contribution >= 0.6 is 0 Å². The first-order chi connectivity index (χ1) is 12.3. The van der Waals surface area contributed by atoms with E-state index in [1.54, 1.807) is 0 Å². The van der Waals surface area contributed by atoms with Crippen molar-refractivity contribution in [3.63, 3.8) is 0 Å². The van der Waals surface area contributed by atoms with Gasteiger partial charge >= 0.3 is 0 Å². The number of rotatable bonds is 2. The van der Waals surface area contributed by atoms with Gasteiger partial charge in [-0.2, -0.15) is 0 Å². The maximum Gasteiger partial charge on any atom is 0.133 e. The van der Waals surface area contributed by atoms with Crippen LogP contribution in [0, 0.1) is 52.8 Å². The summed E-state index contributed by atoms with van der Waals surface area (Å²) in [5.41, 5.74) is -0.131. The highest BCUT2D eigenvalue weighted by Crippen LogP contribution is 2.69. The van der Waals surface area contributed by atoms with E-state index < -0.39 is 5.60 Å². The predicted octanol–water partition coefficient (Wildman–Crippen LogP) is 5.23. The predicted molar refractivity (Wildman–Crippen MR) is 104 cm³/mol. The van der Waals surface area contributed by atoms with E-state index in [1.807, 2.05) is 6.92 Å². The number of aliphatic hydroxyl groups is 1. The smallest absolute Gasteiger partial charge is 0.133 e. The molecule has 9 atom stereocenters. The fraction of sp³-hybridized carbons (Fsp3) is 0.958. The van der Waals surface area contributed by atoms with E-state index in [0.29, 0.717) is 11.7 Å². The van der Waals surface area contributed by atoms with Crippen LogP contribution in [0.3, 0.4) is 0 Å². The van der Waals surface area contributed by atoms with Crippen molar-refractivity contribution in [2.45, 2.75) is 90.6 Å². The molecule has 5 fully saturated rings. The average molecular weight is 359 g/mol. The highest BCUT2D eigenvalue weighted by molar-refractivity contribution is 5.79. The highest BCUT2D eigenvalue weighted by atomic mass is 16.3. The molecule has 0 bridgehead atoms. The normalized spacial score (nSPS) is 56.4. The van der Waals surface area contributed by atoms with Gasteiger partial charge in [0.25, 0.3) is 0 Å². The summed E-state index contributed by atoms with van der Waals surface area (Å²) in [6.45, 7) is 6.43. The molecule has 2 heteroatoms. The first-order valence-corrected chi connectivity index (χ1v) is 11.5. The Hall–Kier alpha value is -0.370. The first kappa shape index (κ1) is 17.7. The molecule has 1 N–H and O–H groups in total. The van der Waals surface area contributed by atoms with Gasteiger partial charge in [-0.25, -0.2) is 0 Å². The van der Waals surface area contributed by atoms with Crippen LogP contribution in [-0.4, -0.2) is 16.5 Å². The molecule has 0 amide bonds. The van der Waals surface area contributed by atoms with Gasteiger partial charge in [-0.15, -0.1) is 0 Å². The van der Waals surface area contributed by atoms with E-state index in [2.05, 4.69) is 13.8 Å². The van der Waals surface area contributed by atoms with Crippen LogP contribution < -0.4 is 0 Å². The summed E-state index contributed by atoms with van der Waals surface area (Å²) in [6.07, 6.45) is 12.7. The number of hydrogen-bond donors (Lipinski definition) is 1. The Bertz CT molecular complexity index is 591. The molecule has 0 radical (unpaired) electrons. The molecule has 0 heterocycles. The average Bonchev–Trinajstić information content (AvgIpc) is 3.35. The van der Waals surface area contributed by atoms with Crippen molar-refractivity contribution in [1.82, 2.24) is 0 Å². The van der Waals surface area contributed by atoms with Gasteiger partial charge in [-0.05, 0) is 125 Å². The summed E-state index contributed by atoms with van der Waals surface area (Å²) in [7, 11) is 0. The fourth-order valence-corrected chi connectivity index (χ4v) is 8.90. The van der Waals surface area contributed by atoms with Crippen molar-refractivity contribution >= 4 is 5.78 Å². The maximum absolute atomic E-state index is 12.5. The van der Waals surface area contributed by atoms with Crippen LogP contribution in [0.5, 0.6) is 0 Å². The lowest BCUT2D eigenvalue weighted by molar-refractivity contribution is -0.131. The lowest BCUT2D eigenvalue weighted by Crippen LogP contribution is -2.52. The van der Waals surface area contributed by atoms with E-state index in [9.17, 15) is 9.90 Å². The number of ketones is 1. The zero-order valence-corrected chi connectivity index (χ0v) is 17.0. The molecular formula is C24H38O2. The second-order valence-electron chi connectivity index (χ2n) is 11.5. The van der Waals surface area contributed by atoms with Crippen LogP contribution in [0.1, 0.15) is 85.0 Å². The number of hydrogen-bond acceptors (Lipinski definition) is 2. The summed E-state index contributed by atoms with van der Waals surface area (Å²) in [4.78, 5) is 12.5. The van der Waals surface area contributed by atoms with Crippen molar-refractivity contribution in [1.29, 1.82) is 0 Å². The second-order valence-corrected chi connectivity index (χ2v) is 11.5. The number of carbonyl (C=O) groups is 1. The summed E-state index contributed by atoms with van der Waals surface area (Å²) in [5.74, 6) is 6.76. The second kappa shape index (κ2) is 5.82. The number of fused-ring (bicyclic) bond motifs is 5. The third kappa shape index (κ3) is 2.57. The zero-order valence-electron chi connectivity index (χ0n) is 17.0. The molecule has 5 saturated carbocycles. The van der Waals surface area contributed by atoms with Crippen molar-refractivity contribution in [3.05, 3.63) is 0 Å². The van der Waals surface area contributed by atoms with Crippen molar-refractivity contribution in [3.8, 4) is 0 Å². The minimum absolute atomic E-state index is 0.285. The Morgan fingerprint density at radius 1 is 0.846 bits per heavy atom. The van der Waals surface area contributed by atoms with Gasteiger partial charge in [0.1, 0.15) is 5.78 Å². The molecule has 0 aliphatic heterocycles. The molecule has 2 nitrogen and oxygen atoms in total. The molecule has 0 unspecified atom stereocenters. The number of carbonyl (C=O) groups excluding carboxylic acids is 1. The standard InChI is InChI=1S/C24H38O2/c1-14(25)21-12-20(15-4-5-15)22-19-7-6-16-13-23(2,26)10-8-17(16)18(19)9-11-24(21,22)3/h15-22,26H,4-13H2,1-3H3/t16-,17+,18-,19-,20+,21-,22-,23-,24-/m1/s1. The molecule has 5 aliphatic carbocycles. The first-order valence-electron chi connectivity index (χ1n) is 11.5. The van der Waals surface area contributed by atoms with Crippen LogP contribution in [-0.2, 0) is 4.79 Å². The Labute approximate surface area is 159 Å². The third-order valence-electron chi connectivity index (χ3n) is 10.0. The summed E-state index contributed by atoms with van der Waals surface area (Å²) >= 11 is 0. The largest absolute Gasteiger partial charge is 0.390 e. The van der Waals surface area contributed by atoms with Crippen molar-refractivity contribution in [2.75, 3.05) is 0 Å². The molecule has 0 aromatic rings. The van der Waals surface area contributed by atoms with E-state index in [-0.39, 0.29) is 5.41 Å². The van der Waals surface area contributed by atoms with Gasteiger partial charge in [0, 0.05) is 5.92 Å². The molecule has 0 aromatic carbocycles. The Kier molecular flexibility index (Phi) is 3.96. The monoisotopic (exact) mass is 358 g/mol. The lowest BCUT2D eigenvalue weighted by atomic mass is 9.48. The Morgan fingerprint density at radius 3 is 2.23 bits per heavy atom. The van der Waals surface area contributed by atoms with Crippen LogP contribution in [0.15, 0.2) is 0 Å². The van der Waals surface area contributed by atoms with E-state index in [0.717, 1.165) is 54.3 Å².